The predicted octanol–water partition coefficient (Wildman–Crippen LogP) is 2.54. The Morgan fingerprint density at radius 2 is 2.24 bits per heavy atom. The number of hydrogen-bond acceptors (Lipinski definition) is 6. The number of fused-ring (bicyclic) bond motifs is 2. The van der Waals surface area contributed by atoms with Crippen molar-refractivity contribution >= 4 is 28.8 Å². The van der Waals surface area contributed by atoms with Gasteiger partial charge in [-0.2, -0.15) is 0 Å². The van der Waals surface area contributed by atoms with Gasteiger partial charge in [0, 0.05) is 13.1 Å². The Kier molecular flexibility index (Phi) is 3.64. The maximum Gasteiger partial charge on any atom is 0.356 e. The third kappa shape index (κ3) is 2.61. The van der Waals surface area contributed by atoms with E-state index in [0.29, 0.717) is 23.8 Å². The first-order chi connectivity index (χ1) is 12.2. The summed E-state index contributed by atoms with van der Waals surface area (Å²) < 4.78 is 7.11. The van der Waals surface area contributed by atoms with Crippen LogP contribution in [0.15, 0.2) is 30.5 Å². The molecule has 3 heterocycles. The molecule has 0 atom stereocenters. The number of hydrogen-bond donors (Lipinski definition) is 3. The van der Waals surface area contributed by atoms with Gasteiger partial charge < -0.3 is 20.5 Å². The maximum atomic E-state index is 11.4. The van der Waals surface area contributed by atoms with Gasteiger partial charge in [-0.15, -0.1) is 5.10 Å². The molecule has 0 unspecified atom stereocenters. The molecule has 3 N–H and O–H groups in total. The van der Waals surface area contributed by atoms with E-state index in [1.54, 1.807) is 13.1 Å². The molecule has 0 saturated heterocycles. The van der Waals surface area contributed by atoms with Crippen molar-refractivity contribution in [3.05, 3.63) is 41.7 Å². The van der Waals surface area contributed by atoms with Crippen LogP contribution in [-0.4, -0.2) is 39.3 Å². The van der Waals surface area contributed by atoms with Crippen LogP contribution in [0.3, 0.4) is 0 Å². The van der Waals surface area contributed by atoms with Gasteiger partial charge >= 0.3 is 5.97 Å². The minimum absolute atomic E-state index is 0.00138. The minimum Gasteiger partial charge on any atom is -0.491 e. The first-order valence-corrected chi connectivity index (χ1v) is 7.99. The normalized spacial score (nSPS) is 13.2. The number of aryl methyl sites for hydroxylation is 1. The quantitative estimate of drug-likeness (QED) is 0.671. The number of anilines is 3. The molecule has 3 aromatic rings. The molecule has 0 amide bonds. The SMILES string of the molecule is CNc1cc(Nc2cccc3c2OCCC3)nn2c(C(=O)O)cnc12. The molecule has 0 saturated carbocycles. The zero-order chi connectivity index (χ0) is 17.4. The third-order valence-electron chi connectivity index (χ3n) is 4.15. The van der Waals surface area contributed by atoms with Crippen molar-refractivity contribution in [2.24, 2.45) is 0 Å². The minimum atomic E-state index is -1.08. The Morgan fingerprint density at radius 3 is 3.04 bits per heavy atom. The van der Waals surface area contributed by atoms with Gasteiger partial charge in [0.1, 0.15) is 5.75 Å². The van der Waals surface area contributed by atoms with Crippen molar-refractivity contribution in [3.8, 4) is 5.75 Å². The summed E-state index contributed by atoms with van der Waals surface area (Å²) in [5.74, 6) is 0.241. The number of aromatic carboxylic acids is 1. The summed E-state index contributed by atoms with van der Waals surface area (Å²) in [6.45, 7) is 0.685. The molecular weight excluding hydrogens is 322 g/mol. The molecule has 0 aliphatic carbocycles. The Labute approximate surface area is 143 Å². The lowest BCUT2D eigenvalue weighted by Gasteiger charge is -2.20. The number of rotatable bonds is 4. The average molecular weight is 339 g/mol. The number of carboxylic acids is 1. The van der Waals surface area contributed by atoms with E-state index in [1.165, 1.54) is 10.7 Å². The highest BCUT2D eigenvalue weighted by atomic mass is 16.5. The van der Waals surface area contributed by atoms with Crippen LogP contribution >= 0.6 is 0 Å². The van der Waals surface area contributed by atoms with Crippen LogP contribution in [0.1, 0.15) is 22.5 Å². The van der Waals surface area contributed by atoms with Crippen molar-refractivity contribution in [2.75, 3.05) is 24.3 Å². The number of carboxylic acid groups (broad SMARTS) is 1. The maximum absolute atomic E-state index is 11.4. The van der Waals surface area contributed by atoms with Gasteiger partial charge in [-0.25, -0.2) is 14.3 Å². The summed E-state index contributed by atoms with van der Waals surface area (Å²) in [7, 11) is 1.75. The lowest BCUT2D eigenvalue weighted by atomic mass is 10.1. The fraction of sp³-hybridized carbons (Fsp3) is 0.235. The Balaban J connectivity index is 1.80. The van der Waals surface area contributed by atoms with Crippen molar-refractivity contribution < 1.29 is 14.6 Å². The molecule has 0 spiro atoms. The van der Waals surface area contributed by atoms with Gasteiger partial charge in [0.15, 0.2) is 17.2 Å². The van der Waals surface area contributed by atoms with Crippen molar-refractivity contribution in [3.63, 3.8) is 0 Å². The second-order valence-corrected chi connectivity index (χ2v) is 5.75. The fourth-order valence-electron chi connectivity index (χ4n) is 2.98. The van der Waals surface area contributed by atoms with Crippen molar-refractivity contribution in [2.45, 2.75) is 12.8 Å². The topological polar surface area (TPSA) is 101 Å². The van der Waals surface area contributed by atoms with Crippen molar-refractivity contribution in [1.82, 2.24) is 14.6 Å². The molecule has 0 fully saturated rings. The van der Waals surface area contributed by atoms with E-state index in [1.807, 2.05) is 18.2 Å². The molecule has 1 aromatic carbocycles. The second kappa shape index (κ2) is 5.97. The Hall–Kier alpha value is -3.29. The van der Waals surface area contributed by atoms with Gasteiger partial charge in [0.05, 0.1) is 24.2 Å². The highest BCUT2D eigenvalue weighted by Gasteiger charge is 2.18. The number of nitrogens with zero attached hydrogens (tertiary/aromatic N) is 3. The number of carbonyl (C=O) groups is 1. The fourth-order valence-corrected chi connectivity index (χ4v) is 2.98. The molecule has 4 rings (SSSR count). The van der Waals surface area contributed by atoms with E-state index in [-0.39, 0.29) is 5.69 Å². The smallest absolute Gasteiger partial charge is 0.356 e. The molecule has 0 radical (unpaired) electrons. The molecule has 8 nitrogen and oxygen atoms in total. The van der Waals surface area contributed by atoms with Gasteiger partial charge in [-0.3, -0.25) is 0 Å². The summed E-state index contributed by atoms with van der Waals surface area (Å²) in [6.07, 6.45) is 3.27. The van der Waals surface area contributed by atoms with Crippen LogP contribution in [0.5, 0.6) is 5.75 Å². The molecule has 25 heavy (non-hydrogen) atoms. The Bertz CT molecular complexity index is 966. The number of nitrogens with one attached hydrogen (secondary N) is 2. The number of aromatic nitrogens is 3. The Morgan fingerprint density at radius 1 is 1.36 bits per heavy atom. The van der Waals surface area contributed by atoms with Crippen LogP contribution in [0.4, 0.5) is 17.2 Å². The van der Waals surface area contributed by atoms with Crippen molar-refractivity contribution in [1.29, 1.82) is 0 Å². The lowest BCUT2D eigenvalue weighted by molar-refractivity contribution is 0.0688. The second-order valence-electron chi connectivity index (χ2n) is 5.75. The van der Waals surface area contributed by atoms with Crippen LogP contribution in [0.2, 0.25) is 0 Å². The van der Waals surface area contributed by atoms with Gasteiger partial charge in [-0.05, 0) is 24.5 Å². The molecule has 1 aliphatic rings. The molecular formula is C17H17N5O3. The van der Waals surface area contributed by atoms with E-state index in [9.17, 15) is 9.90 Å². The standard InChI is InChI=1S/C17H17N5O3/c1-18-12-8-14(21-22-13(17(23)24)9-19-16(12)22)20-11-6-2-4-10-5-3-7-25-15(10)11/h2,4,6,8-9,18H,3,5,7H2,1H3,(H,20,21)(H,23,24). The predicted molar refractivity (Wildman–Crippen MR) is 93.0 cm³/mol. The highest BCUT2D eigenvalue weighted by molar-refractivity contribution is 5.88. The summed E-state index contributed by atoms with van der Waals surface area (Å²) in [5, 5.41) is 19.9. The molecule has 1 aliphatic heterocycles. The summed E-state index contributed by atoms with van der Waals surface area (Å²) in [5.41, 5.74) is 3.09. The van der Waals surface area contributed by atoms with Gasteiger partial charge in [0.2, 0.25) is 0 Å². The third-order valence-corrected chi connectivity index (χ3v) is 4.15. The first kappa shape index (κ1) is 15.3. The summed E-state index contributed by atoms with van der Waals surface area (Å²) >= 11 is 0. The summed E-state index contributed by atoms with van der Waals surface area (Å²) in [4.78, 5) is 15.5. The molecule has 2 aromatic heterocycles. The van der Waals surface area contributed by atoms with Crippen LogP contribution in [0.25, 0.3) is 5.65 Å². The van der Waals surface area contributed by atoms with Crippen LogP contribution < -0.4 is 15.4 Å². The zero-order valence-electron chi connectivity index (χ0n) is 13.6. The number of ether oxygens (including phenoxy) is 1. The van der Waals surface area contributed by atoms with E-state index in [0.717, 1.165) is 29.8 Å². The number of para-hydroxylation sites is 1. The monoisotopic (exact) mass is 339 g/mol. The van der Waals surface area contributed by atoms with E-state index in [4.69, 9.17) is 4.74 Å². The largest absolute Gasteiger partial charge is 0.491 e. The number of imidazole rings is 1. The van der Waals surface area contributed by atoms with Crippen LogP contribution in [0, 0.1) is 0 Å². The zero-order valence-corrected chi connectivity index (χ0v) is 13.6. The molecule has 0 bridgehead atoms. The average Bonchev–Trinajstić information content (AvgIpc) is 3.05. The lowest BCUT2D eigenvalue weighted by Crippen LogP contribution is -2.11. The highest BCUT2D eigenvalue weighted by Crippen LogP contribution is 2.35. The summed E-state index contributed by atoms with van der Waals surface area (Å²) in [6, 6.07) is 7.72. The van der Waals surface area contributed by atoms with Crippen LogP contribution in [-0.2, 0) is 6.42 Å². The first-order valence-electron chi connectivity index (χ1n) is 7.99. The number of benzene rings is 1. The van der Waals surface area contributed by atoms with E-state index < -0.39 is 5.97 Å². The van der Waals surface area contributed by atoms with Gasteiger partial charge in [0.25, 0.3) is 0 Å². The molecule has 8 heteroatoms. The molecule has 128 valence electrons. The van der Waals surface area contributed by atoms with Gasteiger partial charge in [-0.1, -0.05) is 12.1 Å². The van der Waals surface area contributed by atoms with E-state index >= 15 is 0 Å². The van der Waals surface area contributed by atoms with E-state index in [2.05, 4.69) is 20.7 Å².